The molecule has 1 amide bonds. The van der Waals surface area contributed by atoms with E-state index in [2.05, 4.69) is 10.6 Å². The second kappa shape index (κ2) is 4.92. The number of nitro groups is 1. The van der Waals surface area contributed by atoms with Crippen molar-refractivity contribution in [1.29, 1.82) is 0 Å². The molecule has 1 aliphatic rings. The summed E-state index contributed by atoms with van der Waals surface area (Å²) in [7, 11) is 0. The van der Waals surface area contributed by atoms with Gasteiger partial charge in [0.2, 0.25) is 5.91 Å². The van der Waals surface area contributed by atoms with Crippen LogP contribution in [0, 0.1) is 10.1 Å². The van der Waals surface area contributed by atoms with E-state index < -0.39 is 0 Å². The van der Waals surface area contributed by atoms with Crippen molar-refractivity contribution in [2.45, 2.75) is 12.5 Å². The van der Waals surface area contributed by atoms with Crippen LogP contribution in [0.25, 0.3) is 0 Å². The Kier molecular flexibility index (Phi) is 3.34. The number of rotatable bonds is 3. The molecule has 0 saturated carbocycles. The molecule has 1 heterocycles. The van der Waals surface area contributed by atoms with E-state index in [0.29, 0.717) is 18.5 Å². The normalized spacial score (nSPS) is 19.8. The van der Waals surface area contributed by atoms with Gasteiger partial charge in [0.05, 0.1) is 11.5 Å². The van der Waals surface area contributed by atoms with Crippen LogP contribution in [-0.2, 0) is 11.2 Å². The molecule has 0 radical (unpaired) electrons. The van der Waals surface area contributed by atoms with Crippen molar-refractivity contribution >= 4 is 11.6 Å². The molecule has 6 nitrogen and oxygen atoms in total. The first-order valence-electron chi connectivity index (χ1n) is 5.39. The fourth-order valence-corrected chi connectivity index (χ4v) is 1.88. The smallest absolute Gasteiger partial charge is 0.272 e. The number of nitro benzene ring substituents is 1. The van der Waals surface area contributed by atoms with Crippen molar-refractivity contribution in [3.05, 3.63) is 39.9 Å². The minimum atomic E-state index is -0.378. The third kappa shape index (κ3) is 2.79. The number of piperazine rings is 1. The highest BCUT2D eigenvalue weighted by Crippen LogP contribution is 2.19. The summed E-state index contributed by atoms with van der Waals surface area (Å²) in [4.78, 5) is 21.4. The third-order valence-corrected chi connectivity index (χ3v) is 2.75. The van der Waals surface area contributed by atoms with Crippen molar-refractivity contribution in [1.82, 2.24) is 10.6 Å². The summed E-state index contributed by atoms with van der Waals surface area (Å²) in [6.45, 7) is 0.774. The maximum absolute atomic E-state index is 11.0. The molecular weight excluding hydrogens is 222 g/mol. The summed E-state index contributed by atoms with van der Waals surface area (Å²) < 4.78 is 0. The quantitative estimate of drug-likeness (QED) is 0.580. The Morgan fingerprint density at radius 2 is 2.18 bits per heavy atom. The van der Waals surface area contributed by atoms with Gasteiger partial charge in [0.1, 0.15) is 0 Å². The van der Waals surface area contributed by atoms with Crippen molar-refractivity contribution in [3.8, 4) is 0 Å². The molecule has 1 aromatic rings. The molecule has 0 bridgehead atoms. The standard InChI is InChI=1S/C11H13N3O3/c15-11-7-12-9(6-13-11)5-8-3-1-2-4-10(8)14(16)17/h1-4,9,12H,5-7H2,(H,13,15). The van der Waals surface area contributed by atoms with E-state index in [1.54, 1.807) is 18.2 Å². The van der Waals surface area contributed by atoms with Crippen LogP contribution >= 0.6 is 0 Å². The van der Waals surface area contributed by atoms with Gasteiger partial charge in [0, 0.05) is 24.2 Å². The Labute approximate surface area is 98.2 Å². The Morgan fingerprint density at radius 3 is 2.82 bits per heavy atom. The molecule has 6 heteroatoms. The highest BCUT2D eigenvalue weighted by Gasteiger charge is 2.21. The summed E-state index contributed by atoms with van der Waals surface area (Å²) in [5, 5.41) is 16.6. The number of nitrogens with one attached hydrogen (secondary N) is 2. The molecule has 0 aliphatic carbocycles. The summed E-state index contributed by atoms with van der Waals surface area (Å²) in [5.74, 6) is -0.0381. The van der Waals surface area contributed by atoms with Crippen LogP contribution in [0.15, 0.2) is 24.3 Å². The van der Waals surface area contributed by atoms with Crippen LogP contribution in [0.2, 0.25) is 0 Å². The third-order valence-electron chi connectivity index (χ3n) is 2.75. The molecule has 1 fully saturated rings. The van der Waals surface area contributed by atoms with Gasteiger partial charge in [-0.2, -0.15) is 0 Å². The highest BCUT2D eigenvalue weighted by atomic mass is 16.6. The minimum absolute atomic E-state index is 0.0381. The number of hydrogen-bond acceptors (Lipinski definition) is 4. The van der Waals surface area contributed by atoms with Crippen LogP contribution < -0.4 is 10.6 Å². The Bertz CT molecular complexity index is 437. The first-order chi connectivity index (χ1) is 8.16. The summed E-state index contributed by atoms with van der Waals surface area (Å²) in [5.41, 5.74) is 0.817. The molecule has 17 heavy (non-hydrogen) atoms. The molecule has 1 aliphatic heterocycles. The summed E-state index contributed by atoms with van der Waals surface area (Å²) >= 11 is 0. The Morgan fingerprint density at radius 1 is 1.41 bits per heavy atom. The zero-order valence-electron chi connectivity index (χ0n) is 9.18. The van der Waals surface area contributed by atoms with Crippen LogP contribution in [0.3, 0.4) is 0 Å². The second-order valence-corrected chi connectivity index (χ2v) is 3.97. The van der Waals surface area contributed by atoms with Gasteiger partial charge < -0.3 is 10.6 Å². The zero-order valence-corrected chi connectivity index (χ0v) is 9.18. The molecule has 1 unspecified atom stereocenters. The second-order valence-electron chi connectivity index (χ2n) is 3.97. The fourth-order valence-electron chi connectivity index (χ4n) is 1.88. The SMILES string of the molecule is O=C1CNC(Cc2ccccc2[N+](=O)[O-])CN1. The van der Waals surface area contributed by atoms with Crippen molar-refractivity contribution in [3.63, 3.8) is 0 Å². The summed E-state index contributed by atoms with van der Waals surface area (Å²) in [6, 6.07) is 6.72. The molecule has 1 aromatic carbocycles. The van der Waals surface area contributed by atoms with Gasteiger partial charge in [-0.1, -0.05) is 18.2 Å². The van der Waals surface area contributed by atoms with Gasteiger partial charge >= 0.3 is 0 Å². The first kappa shape index (κ1) is 11.5. The number of amides is 1. The van der Waals surface area contributed by atoms with Gasteiger partial charge in [0.15, 0.2) is 0 Å². The number of benzene rings is 1. The lowest BCUT2D eigenvalue weighted by atomic mass is 10.0. The topological polar surface area (TPSA) is 84.3 Å². The molecule has 90 valence electrons. The van der Waals surface area contributed by atoms with Gasteiger partial charge in [-0.05, 0) is 6.42 Å². The number of para-hydroxylation sites is 1. The monoisotopic (exact) mass is 235 g/mol. The molecule has 0 spiro atoms. The first-order valence-corrected chi connectivity index (χ1v) is 5.39. The van der Waals surface area contributed by atoms with Crippen LogP contribution in [0.4, 0.5) is 5.69 Å². The van der Waals surface area contributed by atoms with E-state index in [4.69, 9.17) is 0 Å². The minimum Gasteiger partial charge on any atom is -0.353 e. The zero-order chi connectivity index (χ0) is 12.3. The van der Waals surface area contributed by atoms with Gasteiger partial charge in [-0.15, -0.1) is 0 Å². The van der Waals surface area contributed by atoms with Crippen molar-refractivity contribution < 1.29 is 9.72 Å². The molecular formula is C11H13N3O3. The van der Waals surface area contributed by atoms with E-state index in [1.165, 1.54) is 6.07 Å². The maximum atomic E-state index is 11.0. The van der Waals surface area contributed by atoms with Crippen molar-refractivity contribution in [2.75, 3.05) is 13.1 Å². The van der Waals surface area contributed by atoms with E-state index in [0.717, 1.165) is 0 Å². The number of carbonyl (C=O) groups is 1. The van der Waals surface area contributed by atoms with E-state index in [9.17, 15) is 14.9 Å². The molecule has 0 aromatic heterocycles. The van der Waals surface area contributed by atoms with Gasteiger partial charge in [-0.3, -0.25) is 14.9 Å². The van der Waals surface area contributed by atoms with Gasteiger partial charge in [0.25, 0.3) is 5.69 Å². The lowest BCUT2D eigenvalue weighted by Gasteiger charge is -2.23. The number of nitrogens with zero attached hydrogens (tertiary/aromatic N) is 1. The number of hydrogen-bond donors (Lipinski definition) is 2. The lowest BCUT2D eigenvalue weighted by Crippen LogP contribution is -2.52. The van der Waals surface area contributed by atoms with E-state index in [-0.39, 0.29) is 29.1 Å². The molecule has 2 rings (SSSR count). The summed E-state index contributed by atoms with van der Waals surface area (Å²) in [6.07, 6.45) is 0.539. The van der Waals surface area contributed by atoms with Crippen LogP contribution in [0.1, 0.15) is 5.56 Å². The Balaban J connectivity index is 2.08. The van der Waals surface area contributed by atoms with Crippen LogP contribution in [0.5, 0.6) is 0 Å². The lowest BCUT2D eigenvalue weighted by molar-refractivity contribution is -0.385. The molecule has 1 atom stereocenters. The van der Waals surface area contributed by atoms with Crippen LogP contribution in [-0.4, -0.2) is 30.0 Å². The largest absolute Gasteiger partial charge is 0.353 e. The van der Waals surface area contributed by atoms with Gasteiger partial charge in [-0.25, -0.2) is 0 Å². The van der Waals surface area contributed by atoms with E-state index in [1.807, 2.05) is 0 Å². The molecule has 2 N–H and O–H groups in total. The Hall–Kier alpha value is -1.95. The average Bonchev–Trinajstić information content (AvgIpc) is 2.32. The predicted octanol–water partition coefficient (Wildman–Crippen LogP) is 0.225. The van der Waals surface area contributed by atoms with E-state index >= 15 is 0 Å². The number of carbonyl (C=O) groups excluding carboxylic acids is 1. The maximum Gasteiger partial charge on any atom is 0.272 e. The van der Waals surface area contributed by atoms with Crippen molar-refractivity contribution in [2.24, 2.45) is 0 Å². The predicted molar refractivity (Wildman–Crippen MR) is 61.6 cm³/mol. The molecule has 1 saturated heterocycles. The fraction of sp³-hybridized carbons (Fsp3) is 0.364. The average molecular weight is 235 g/mol. The highest BCUT2D eigenvalue weighted by molar-refractivity contribution is 5.78.